The van der Waals surface area contributed by atoms with E-state index in [2.05, 4.69) is 11.9 Å². The summed E-state index contributed by atoms with van der Waals surface area (Å²) in [7, 11) is -1.91. The molecule has 1 saturated heterocycles. The van der Waals surface area contributed by atoms with Gasteiger partial charge in [0.25, 0.3) is 10.0 Å². The van der Waals surface area contributed by atoms with Crippen LogP contribution in [-0.2, 0) is 10.0 Å². The van der Waals surface area contributed by atoms with Crippen molar-refractivity contribution in [3.63, 3.8) is 0 Å². The number of hydrazone groups is 1. The topological polar surface area (TPSA) is 76.4 Å². The van der Waals surface area contributed by atoms with Gasteiger partial charge in [0, 0.05) is 43.2 Å². The van der Waals surface area contributed by atoms with Gasteiger partial charge in [0.1, 0.15) is 13.2 Å². The van der Waals surface area contributed by atoms with Crippen LogP contribution in [0.2, 0.25) is 0 Å². The number of para-hydroxylation sites is 1. The van der Waals surface area contributed by atoms with Crippen LogP contribution in [-0.4, -0.2) is 75.0 Å². The Balaban J connectivity index is 1.56. The summed E-state index contributed by atoms with van der Waals surface area (Å²) in [6.45, 7) is 4.33. The molecule has 8 nitrogen and oxygen atoms in total. The average molecular weight is 517 g/mol. The molecular formula is C28H28N4O4S. The summed E-state index contributed by atoms with van der Waals surface area (Å²) in [5.41, 5.74) is 2.73. The zero-order valence-corrected chi connectivity index (χ0v) is 21.4. The average Bonchev–Trinajstić information content (AvgIpc) is 3.28. The van der Waals surface area contributed by atoms with Gasteiger partial charge in [0.05, 0.1) is 22.3 Å². The predicted molar refractivity (Wildman–Crippen MR) is 144 cm³/mol. The number of piperazine rings is 1. The molecule has 6 rings (SSSR count). The third kappa shape index (κ3) is 4.34. The van der Waals surface area contributed by atoms with Crippen LogP contribution in [0.15, 0.2) is 82.8 Å². The Morgan fingerprint density at radius 2 is 1.54 bits per heavy atom. The van der Waals surface area contributed by atoms with Crippen molar-refractivity contribution in [2.24, 2.45) is 5.10 Å². The minimum Gasteiger partial charge on any atom is -0.486 e. The van der Waals surface area contributed by atoms with Crippen LogP contribution in [0.1, 0.15) is 5.56 Å². The van der Waals surface area contributed by atoms with Gasteiger partial charge in [-0.3, -0.25) is 5.01 Å². The first-order chi connectivity index (χ1) is 18.0. The van der Waals surface area contributed by atoms with Gasteiger partial charge in [-0.15, -0.1) is 0 Å². The molecule has 190 valence electrons. The second-order valence-electron chi connectivity index (χ2n) is 9.22. The van der Waals surface area contributed by atoms with Crippen LogP contribution in [0.4, 0.5) is 0 Å². The number of rotatable bonds is 5. The van der Waals surface area contributed by atoms with E-state index in [1.807, 2.05) is 65.8 Å². The van der Waals surface area contributed by atoms with Crippen LogP contribution >= 0.6 is 0 Å². The summed E-state index contributed by atoms with van der Waals surface area (Å²) < 4.78 is 41.3. The molecule has 0 radical (unpaired) electrons. The molecule has 0 aliphatic carbocycles. The molecule has 0 saturated carbocycles. The summed E-state index contributed by atoms with van der Waals surface area (Å²) in [6, 6.07) is 21.9. The first-order valence-corrected chi connectivity index (χ1v) is 13.8. The number of nitrogens with zero attached hydrogens (tertiary/aromatic N) is 4. The highest BCUT2D eigenvalue weighted by Gasteiger charge is 2.29. The molecule has 0 bridgehead atoms. The van der Waals surface area contributed by atoms with Crippen molar-refractivity contribution in [2.75, 3.05) is 46.4 Å². The number of likely N-dealkylation sites (N-methyl/N-ethyl adjacent to an activating group) is 1. The van der Waals surface area contributed by atoms with Crippen LogP contribution in [0.25, 0.3) is 22.2 Å². The van der Waals surface area contributed by atoms with Gasteiger partial charge in [-0.25, -0.2) is 12.4 Å². The summed E-state index contributed by atoms with van der Waals surface area (Å²) >= 11 is 0. The molecule has 37 heavy (non-hydrogen) atoms. The molecule has 0 amide bonds. The van der Waals surface area contributed by atoms with E-state index >= 15 is 0 Å². The van der Waals surface area contributed by atoms with Crippen molar-refractivity contribution >= 4 is 27.1 Å². The Kier molecular flexibility index (Phi) is 6.10. The fourth-order valence-corrected chi connectivity index (χ4v) is 6.39. The highest BCUT2D eigenvalue weighted by atomic mass is 32.2. The molecule has 2 aliphatic rings. The number of ether oxygens (including phenoxy) is 2. The highest BCUT2D eigenvalue weighted by Crippen LogP contribution is 2.38. The quantitative estimate of drug-likeness (QED) is 0.375. The van der Waals surface area contributed by atoms with E-state index in [1.165, 1.54) is 3.97 Å². The second-order valence-corrected chi connectivity index (χ2v) is 11.0. The zero-order valence-electron chi connectivity index (χ0n) is 20.6. The molecule has 9 heteroatoms. The number of benzene rings is 3. The van der Waals surface area contributed by atoms with Crippen molar-refractivity contribution in [2.45, 2.75) is 4.90 Å². The number of aromatic nitrogens is 1. The maximum atomic E-state index is 14.3. The van der Waals surface area contributed by atoms with Gasteiger partial charge in [0.15, 0.2) is 11.5 Å². The minimum absolute atomic E-state index is 0.136. The lowest BCUT2D eigenvalue weighted by molar-refractivity contribution is 0.159. The molecule has 2 aliphatic heterocycles. The monoisotopic (exact) mass is 516 g/mol. The van der Waals surface area contributed by atoms with E-state index in [0.717, 1.165) is 42.7 Å². The van der Waals surface area contributed by atoms with Crippen LogP contribution in [0.5, 0.6) is 11.5 Å². The standard InChI is InChI=1S/C28H28N4O4S/c1-30-13-15-31(16-14-30)29-20-24-23-9-5-6-10-25(23)32(28(24)21-7-3-2-4-8-21)37(33,34)22-11-12-26-27(19-22)36-18-17-35-26/h2-12,19-20H,13-18H2,1H3. The van der Waals surface area contributed by atoms with Gasteiger partial charge < -0.3 is 14.4 Å². The Morgan fingerprint density at radius 3 is 2.32 bits per heavy atom. The van der Waals surface area contributed by atoms with Gasteiger partial charge in [0.2, 0.25) is 0 Å². The Morgan fingerprint density at radius 1 is 0.838 bits per heavy atom. The molecule has 0 N–H and O–H groups in total. The van der Waals surface area contributed by atoms with E-state index in [0.29, 0.717) is 35.9 Å². The van der Waals surface area contributed by atoms with Crippen molar-refractivity contribution in [3.05, 3.63) is 78.4 Å². The summed E-state index contributed by atoms with van der Waals surface area (Å²) in [4.78, 5) is 2.41. The first kappa shape index (κ1) is 23.6. The summed E-state index contributed by atoms with van der Waals surface area (Å²) in [6.07, 6.45) is 1.81. The molecule has 0 spiro atoms. The molecular weight excluding hydrogens is 488 g/mol. The Labute approximate surface area is 216 Å². The second kappa shape index (κ2) is 9.57. The van der Waals surface area contributed by atoms with E-state index < -0.39 is 10.0 Å². The van der Waals surface area contributed by atoms with E-state index in [9.17, 15) is 8.42 Å². The summed E-state index contributed by atoms with van der Waals surface area (Å²) in [5, 5.41) is 7.64. The molecule has 3 aromatic carbocycles. The highest BCUT2D eigenvalue weighted by molar-refractivity contribution is 7.90. The van der Waals surface area contributed by atoms with Gasteiger partial charge >= 0.3 is 0 Å². The third-order valence-corrected chi connectivity index (χ3v) is 8.51. The van der Waals surface area contributed by atoms with Crippen molar-refractivity contribution in [1.82, 2.24) is 13.9 Å². The SMILES string of the molecule is CN1CCN(N=Cc2c(-c3ccccc3)n(S(=O)(=O)c3ccc4c(c3)OCCO4)c3ccccc23)CC1. The first-order valence-electron chi connectivity index (χ1n) is 12.3. The minimum atomic E-state index is -4.01. The van der Waals surface area contributed by atoms with Crippen molar-refractivity contribution < 1.29 is 17.9 Å². The van der Waals surface area contributed by atoms with E-state index in [-0.39, 0.29) is 4.90 Å². The van der Waals surface area contributed by atoms with E-state index in [4.69, 9.17) is 14.6 Å². The lowest BCUT2D eigenvalue weighted by Crippen LogP contribution is -2.41. The smallest absolute Gasteiger partial charge is 0.268 e. The predicted octanol–water partition coefficient (Wildman–Crippen LogP) is 3.90. The van der Waals surface area contributed by atoms with Gasteiger partial charge in [-0.2, -0.15) is 5.10 Å². The fraction of sp³-hybridized carbons (Fsp3) is 0.250. The van der Waals surface area contributed by atoms with Crippen LogP contribution in [0.3, 0.4) is 0 Å². The maximum Gasteiger partial charge on any atom is 0.268 e. The van der Waals surface area contributed by atoms with Crippen LogP contribution in [0, 0.1) is 0 Å². The molecule has 1 fully saturated rings. The molecule has 1 aromatic heterocycles. The largest absolute Gasteiger partial charge is 0.486 e. The number of fused-ring (bicyclic) bond motifs is 2. The van der Waals surface area contributed by atoms with Crippen molar-refractivity contribution in [1.29, 1.82) is 0 Å². The molecule has 4 aromatic rings. The lowest BCUT2D eigenvalue weighted by Gasteiger charge is -2.30. The fourth-order valence-electron chi connectivity index (χ4n) is 4.83. The normalized spacial score (nSPS) is 16.5. The van der Waals surface area contributed by atoms with Gasteiger partial charge in [-0.1, -0.05) is 48.5 Å². The summed E-state index contributed by atoms with van der Waals surface area (Å²) in [5.74, 6) is 0.979. The zero-order chi connectivity index (χ0) is 25.4. The maximum absolute atomic E-state index is 14.3. The van der Waals surface area contributed by atoms with Gasteiger partial charge in [-0.05, 0) is 30.8 Å². The number of hydrogen-bond donors (Lipinski definition) is 0. The molecule has 0 unspecified atom stereocenters. The van der Waals surface area contributed by atoms with Crippen molar-refractivity contribution in [3.8, 4) is 22.8 Å². The van der Waals surface area contributed by atoms with E-state index in [1.54, 1.807) is 18.2 Å². The van der Waals surface area contributed by atoms with Crippen LogP contribution < -0.4 is 9.47 Å². The Bertz CT molecular complexity index is 1570. The molecule has 0 atom stereocenters. The Hall–Kier alpha value is -3.82. The lowest BCUT2D eigenvalue weighted by atomic mass is 10.1. The number of hydrogen-bond acceptors (Lipinski definition) is 7. The third-order valence-electron chi connectivity index (χ3n) is 6.80. The molecule has 3 heterocycles.